The molecule has 0 aliphatic carbocycles. The van der Waals surface area contributed by atoms with Crippen LogP contribution in [0.2, 0.25) is 0 Å². The molecule has 0 fully saturated rings. The molecule has 0 N–H and O–H groups in total. The first-order valence-electron chi connectivity index (χ1n) is 17.1. The van der Waals surface area contributed by atoms with Gasteiger partial charge in [-0.2, -0.15) is 13.2 Å². The van der Waals surface area contributed by atoms with Gasteiger partial charge in [-0.15, -0.1) is 0 Å². The molecule has 5 nitrogen and oxygen atoms in total. The predicted octanol–water partition coefficient (Wildman–Crippen LogP) is 10.9. The Kier molecular flexibility index (Phi) is 16.5. The van der Waals surface area contributed by atoms with Gasteiger partial charge in [0.1, 0.15) is 11.3 Å². The highest BCUT2D eigenvalue weighted by atomic mass is 19.4. The Morgan fingerprint density at radius 3 is 1.91 bits per heavy atom. The summed E-state index contributed by atoms with van der Waals surface area (Å²) in [5.41, 5.74) is 3.24. The molecule has 0 aromatic heterocycles. The van der Waals surface area contributed by atoms with Gasteiger partial charge < -0.3 is 14.2 Å². The number of alkyl halides is 3. The van der Waals surface area contributed by atoms with Gasteiger partial charge in [0, 0.05) is 13.2 Å². The summed E-state index contributed by atoms with van der Waals surface area (Å²) in [6.07, 6.45) is 5.40. The maximum absolute atomic E-state index is 13.7. The first-order valence-corrected chi connectivity index (χ1v) is 17.1. The average molecular weight is 655 g/mol. The van der Waals surface area contributed by atoms with Gasteiger partial charge in [0.2, 0.25) is 0 Å². The van der Waals surface area contributed by atoms with Gasteiger partial charge in [-0.3, -0.25) is 0 Å². The van der Waals surface area contributed by atoms with Crippen LogP contribution in [0.5, 0.6) is 5.75 Å². The van der Waals surface area contributed by atoms with E-state index in [1.807, 2.05) is 19.1 Å². The number of hydrogen-bond donors (Lipinski definition) is 0. The minimum atomic E-state index is -4.73. The van der Waals surface area contributed by atoms with Gasteiger partial charge in [-0.1, -0.05) is 107 Å². The summed E-state index contributed by atoms with van der Waals surface area (Å²) >= 11 is 0. The van der Waals surface area contributed by atoms with E-state index in [-0.39, 0.29) is 29.7 Å². The van der Waals surface area contributed by atoms with E-state index >= 15 is 0 Å². The summed E-state index contributed by atoms with van der Waals surface area (Å²) in [5, 5.41) is 0. The molecule has 3 aromatic rings. The van der Waals surface area contributed by atoms with Crippen molar-refractivity contribution in [2.45, 2.75) is 110 Å². The van der Waals surface area contributed by atoms with E-state index in [1.54, 1.807) is 12.1 Å². The lowest BCUT2D eigenvalue weighted by atomic mass is 10.00. The minimum Gasteiger partial charge on any atom is -0.449 e. The number of esters is 2. The van der Waals surface area contributed by atoms with Crippen LogP contribution >= 0.6 is 0 Å². The molecular formula is C39H49F3O5. The van der Waals surface area contributed by atoms with Gasteiger partial charge in [0.15, 0.2) is 6.10 Å². The van der Waals surface area contributed by atoms with Crippen molar-refractivity contribution < 1.29 is 37.0 Å². The van der Waals surface area contributed by atoms with Gasteiger partial charge in [0.05, 0.1) is 5.56 Å². The summed E-state index contributed by atoms with van der Waals surface area (Å²) in [4.78, 5) is 25.8. The van der Waals surface area contributed by atoms with Gasteiger partial charge in [-0.05, 0) is 80.0 Å². The molecular weight excluding hydrogens is 605 g/mol. The number of carbonyl (C=O) groups is 2. The quantitative estimate of drug-likeness (QED) is 0.0650. The van der Waals surface area contributed by atoms with E-state index in [0.29, 0.717) is 26.1 Å². The van der Waals surface area contributed by atoms with E-state index in [0.717, 1.165) is 17.5 Å². The van der Waals surface area contributed by atoms with Crippen LogP contribution in [0, 0.1) is 0 Å². The summed E-state index contributed by atoms with van der Waals surface area (Å²) in [6.45, 7) is 5.11. The lowest BCUT2D eigenvalue weighted by Crippen LogP contribution is -2.34. The van der Waals surface area contributed by atoms with Crippen molar-refractivity contribution in [2.75, 3.05) is 13.2 Å². The zero-order chi connectivity index (χ0) is 33.9. The van der Waals surface area contributed by atoms with Crippen LogP contribution < -0.4 is 4.74 Å². The Morgan fingerprint density at radius 2 is 1.28 bits per heavy atom. The molecule has 0 radical (unpaired) electrons. The highest BCUT2D eigenvalue weighted by Crippen LogP contribution is 2.30. The third kappa shape index (κ3) is 13.5. The number of benzene rings is 3. The molecule has 3 aromatic carbocycles. The number of rotatable bonds is 21. The Balaban J connectivity index is 1.54. The Hall–Kier alpha value is -3.65. The molecule has 1 unspecified atom stereocenters. The first kappa shape index (κ1) is 37.8. The molecule has 0 heterocycles. The Bertz CT molecular complexity index is 1340. The molecule has 0 spiro atoms. The second kappa shape index (κ2) is 20.6. The monoisotopic (exact) mass is 654 g/mol. The molecule has 256 valence electrons. The molecule has 0 aliphatic heterocycles. The molecule has 3 rings (SSSR count). The highest BCUT2D eigenvalue weighted by molar-refractivity contribution is 5.96. The second-order valence-corrected chi connectivity index (χ2v) is 11.9. The molecule has 0 saturated heterocycles. The smallest absolute Gasteiger partial charge is 0.425 e. The first-order chi connectivity index (χ1) is 22.7. The summed E-state index contributed by atoms with van der Waals surface area (Å²) < 4.78 is 56.6. The number of ether oxygens (including phenoxy) is 3. The lowest BCUT2D eigenvalue weighted by Gasteiger charge is -2.21. The number of unbranched alkanes of at least 4 members (excludes halogenated alkanes) is 9. The maximum Gasteiger partial charge on any atom is 0.425 e. The van der Waals surface area contributed by atoms with E-state index < -0.39 is 24.2 Å². The van der Waals surface area contributed by atoms with Gasteiger partial charge in [0.25, 0.3) is 0 Å². The van der Waals surface area contributed by atoms with Crippen molar-refractivity contribution in [3.05, 3.63) is 89.5 Å². The number of halogens is 3. The minimum absolute atomic E-state index is 0.170. The third-order valence-electron chi connectivity index (χ3n) is 8.11. The zero-order valence-corrected chi connectivity index (χ0v) is 27.8. The van der Waals surface area contributed by atoms with Crippen LogP contribution in [0.3, 0.4) is 0 Å². The van der Waals surface area contributed by atoms with Gasteiger partial charge >= 0.3 is 18.1 Å². The number of para-hydroxylation sites is 1. The number of carbonyl (C=O) groups excluding carboxylic acids is 2. The standard InChI is InChI=1S/C39H49F3O5/c1-3-5-6-7-8-9-10-12-17-30-21-23-31(24-22-30)32-25-27-33(28-26-32)37(43)46-35-19-15-14-18-34(35)38(44)47-36(39(40,41)42)20-13-11-16-29-45-4-2/h14-15,18-19,21-28,36H,3-13,16-17,20,29H2,1-2H3. The van der Waals surface area contributed by atoms with Crippen molar-refractivity contribution >= 4 is 11.9 Å². The molecule has 0 saturated carbocycles. The Labute approximate surface area is 277 Å². The SMILES string of the molecule is CCCCCCCCCCc1ccc(-c2ccc(C(=O)Oc3ccccc3C(=O)OC(CCCCCOCC)C(F)(F)F)cc2)cc1. The molecule has 8 heteroatoms. The van der Waals surface area contributed by atoms with Crippen LogP contribution in [0.4, 0.5) is 13.2 Å². The fraction of sp³-hybridized carbons (Fsp3) is 0.487. The number of hydrogen-bond acceptors (Lipinski definition) is 5. The molecule has 0 bridgehead atoms. The molecule has 1 atom stereocenters. The number of aryl methyl sites for hydroxylation is 1. The van der Waals surface area contributed by atoms with Crippen LogP contribution in [-0.2, 0) is 15.9 Å². The largest absolute Gasteiger partial charge is 0.449 e. The van der Waals surface area contributed by atoms with Gasteiger partial charge in [-0.25, -0.2) is 9.59 Å². The lowest BCUT2D eigenvalue weighted by molar-refractivity contribution is -0.206. The van der Waals surface area contributed by atoms with Crippen LogP contribution in [0.25, 0.3) is 11.1 Å². The van der Waals surface area contributed by atoms with Crippen LogP contribution in [0.15, 0.2) is 72.8 Å². The third-order valence-corrected chi connectivity index (χ3v) is 8.11. The molecule has 47 heavy (non-hydrogen) atoms. The highest BCUT2D eigenvalue weighted by Gasteiger charge is 2.42. The zero-order valence-electron chi connectivity index (χ0n) is 27.8. The van der Waals surface area contributed by atoms with Crippen molar-refractivity contribution in [1.82, 2.24) is 0 Å². The summed E-state index contributed by atoms with van der Waals surface area (Å²) in [5.74, 6) is -2.11. The van der Waals surface area contributed by atoms with Crippen molar-refractivity contribution in [3.63, 3.8) is 0 Å². The Morgan fingerprint density at radius 1 is 0.681 bits per heavy atom. The van der Waals surface area contributed by atoms with Crippen LogP contribution in [-0.4, -0.2) is 37.4 Å². The summed E-state index contributed by atoms with van der Waals surface area (Å²) in [7, 11) is 0. The maximum atomic E-state index is 13.7. The van der Waals surface area contributed by atoms with E-state index in [2.05, 4.69) is 31.2 Å². The fourth-order valence-corrected chi connectivity index (χ4v) is 5.35. The fourth-order valence-electron chi connectivity index (χ4n) is 5.35. The van der Waals surface area contributed by atoms with Crippen LogP contribution in [0.1, 0.15) is 117 Å². The van der Waals surface area contributed by atoms with E-state index in [9.17, 15) is 22.8 Å². The van der Waals surface area contributed by atoms with Crippen molar-refractivity contribution in [1.29, 1.82) is 0 Å². The van der Waals surface area contributed by atoms with E-state index in [4.69, 9.17) is 14.2 Å². The molecule has 0 amide bonds. The van der Waals surface area contributed by atoms with Crippen molar-refractivity contribution in [2.24, 2.45) is 0 Å². The second-order valence-electron chi connectivity index (χ2n) is 11.9. The predicted molar refractivity (Wildman–Crippen MR) is 180 cm³/mol. The van der Waals surface area contributed by atoms with E-state index in [1.165, 1.54) is 81.2 Å². The topological polar surface area (TPSA) is 61.8 Å². The molecule has 0 aliphatic rings. The summed E-state index contributed by atoms with van der Waals surface area (Å²) in [6, 6.07) is 20.9. The average Bonchev–Trinajstić information content (AvgIpc) is 3.07. The normalized spacial score (nSPS) is 12.1. The van der Waals surface area contributed by atoms with Crippen molar-refractivity contribution in [3.8, 4) is 16.9 Å².